The first-order chi connectivity index (χ1) is 9.94. The Labute approximate surface area is 136 Å². The van der Waals surface area contributed by atoms with E-state index in [0.29, 0.717) is 6.42 Å². The number of nitrogens with one attached hydrogen (secondary N) is 1. The lowest BCUT2D eigenvalue weighted by atomic mass is 9.78. The molecular formula is C18H26BrNO. The predicted octanol–water partition coefficient (Wildman–Crippen LogP) is 4.31. The maximum atomic E-state index is 12.5. The van der Waals surface area contributed by atoms with Crippen LogP contribution in [0.15, 0.2) is 18.2 Å². The molecule has 1 aliphatic rings. The molecule has 0 aromatic heterocycles. The fourth-order valence-corrected chi connectivity index (χ4v) is 3.81. The van der Waals surface area contributed by atoms with E-state index in [0.717, 1.165) is 29.7 Å². The number of carbonyl (C=O) groups excluding carboxylic acids is 1. The van der Waals surface area contributed by atoms with E-state index in [-0.39, 0.29) is 11.4 Å². The maximum Gasteiger partial charge on any atom is 0.224 e. The molecule has 3 heteroatoms. The molecule has 0 bridgehead atoms. The van der Waals surface area contributed by atoms with Crippen LogP contribution in [0, 0.1) is 19.8 Å². The van der Waals surface area contributed by atoms with Crippen LogP contribution in [0.5, 0.6) is 0 Å². The van der Waals surface area contributed by atoms with Gasteiger partial charge in [-0.15, -0.1) is 0 Å². The summed E-state index contributed by atoms with van der Waals surface area (Å²) in [5.41, 5.74) is 3.51. The first-order valence-corrected chi connectivity index (χ1v) is 8.99. The Morgan fingerprint density at radius 1 is 1.33 bits per heavy atom. The second kappa shape index (κ2) is 6.95. The highest BCUT2D eigenvalue weighted by atomic mass is 79.9. The average Bonchev–Trinajstić information content (AvgIpc) is 2.46. The van der Waals surface area contributed by atoms with Crippen molar-refractivity contribution in [2.45, 2.75) is 58.4 Å². The Balaban J connectivity index is 2.01. The van der Waals surface area contributed by atoms with Gasteiger partial charge in [-0.25, -0.2) is 0 Å². The van der Waals surface area contributed by atoms with Crippen LogP contribution in [0.25, 0.3) is 0 Å². The Morgan fingerprint density at radius 2 is 2.00 bits per heavy atom. The maximum absolute atomic E-state index is 12.5. The third kappa shape index (κ3) is 4.32. The number of aryl methyl sites for hydroxylation is 2. The molecular weight excluding hydrogens is 326 g/mol. The minimum absolute atomic E-state index is 0.0404. The highest BCUT2D eigenvalue weighted by Gasteiger charge is 2.34. The van der Waals surface area contributed by atoms with Crippen LogP contribution >= 0.6 is 15.9 Å². The van der Waals surface area contributed by atoms with Gasteiger partial charge in [-0.05, 0) is 56.6 Å². The third-order valence-electron chi connectivity index (χ3n) is 4.75. The molecule has 0 radical (unpaired) electrons. The molecule has 1 saturated carbocycles. The summed E-state index contributed by atoms with van der Waals surface area (Å²) in [6.07, 6.45) is 5.05. The summed E-state index contributed by atoms with van der Waals surface area (Å²) in [5.74, 6) is 0.936. The second-order valence-corrected chi connectivity index (χ2v) is 7.31. The van der Waals surface area contributed by atoms with Gasteiger partial charge >= 0.3 is 0 Å². The van der Waals surface area contributed by atoms with E-state index in [2.05, 4.69) is 60.2 Å². The minimum Gasteiger partial charge on any atom is -0.350 e. The summed E-state index contributed by atoms with van der Waals surface area (Å²) in [4.78, 5) is 12.5. The summed E-state index contributed by atoms with van der Waals surface area (Å²) in [7, 11) is 0. The summed E-state index contributed by atoms with van der Waals surface area (Å²) < 4.78 is 0. The van der Waals surface area contributed by atoms with Gasteiger partial charge in [-0.1, -0.05) is 46.6 Å². The van der Waals surface area contributed by atoms with E-state index in [1.54, 1.807) is 0 Å². The standard InChI is InChI=1S/C18H26BrNO/c1-13-6-8-18(12-19,9-7-13)20-17(21)11-16-10-14(2)4-5-15(16)3/h4-5,10,13H,6-9,11-12H2,1-3H3,(H,20,21). The lowest BCUT2D eigenvalue weighted by molar-refractivity contribution is -0.122. The molecule has 0 saturated heterocycles. The molecule has 0 spiro atoms. The van der Waals surface area contributed by atoms with Crippen LogP contribution in [0.4, 0.5) is 0 Å². The lowest BCUT2D eigenvalue weighted by Crippen LogP contribution is -2.52. The van der Waals surface area contributed by atoms with Gasteiger partial charge in [-0.3, -0.25) is 4.79 Å². The normalized spacial score (nSPS) is 25.6. The minimum atomic E-state index is -0.0404. The van der Waals surface area contributed by atoms with Gasteiger partial charge in [0.25, 0.3) is 0 Å². The smallest absolute Gasteiger partial charge is 0.224 e. The zero-order valence-corrected chi connectivity index (χ0v) is 14.9. The van der Waals surface area contributed by atoms with Crippen LogP contribution in [-0.2, 0) is 11.2 Å². The number of hydrogen-bond acceptors (Lipinski definition) is 1. The molecule has 0 aliphatic heterocycles. The average molecular weight is 352 g/mol. The zero-order valence-electron chi connectivity index (χ0n) is 13.3. The zero-order chi connectivity index (χ0) is 15.5. The van der Waals surface area contributed by atoms with Crippen molar-refractivity contribution in [2.75, 3.05) is 5.33 Å². The van der Waals surface area contributed by atoms with Crippen molar-refractivity contribution in [3.8, 4) is 0 Å². The van der Waals surface area contributed by atoms with Crippen LogP contribution in [0.3, 0.4) is 0 Å². The van der Waals surface area contributed by atoms with Gasteiger partial charge in [0.05, 0.1) is 6.42 Å². The van der Waals surface area contributed by atoms with Crippen molar-refractivity contribution in [1.29, 1.82) is 0 Å². The van der Waals surface area contributed by atoms with E-state index in [1.807, 2.05) is 0 Å². The van der Waals surface area contributed by atoms with Crippen molar-refractivity contribution >= 4 is 21.8 Å². The Hall–Kier alpha value is -0.830. The molecule has 0 heterocycles. The number of alkyl halides is 1. The van der Waals surface area contributed by atoms with Gasteiger partial charge in [0, 0.05) is 10.9 Å². The summed E-state index contributed by atoms with van der Waals surface area (Å²) >= 11 is 3.61. The number of rotatable bonds is 4. The summed E-state index contributed by atoms with van der Waals surface area (Å²) in [6.45, 7) is 6.45. The van der Waals surface area contributed by atoms with Gasteiger partial charge in [0.2, 0.25) is 5.91 Å². The Kier molecular flexibility index (Phi) is 5.48. The molecule has 0 unspecified atom stereocenters. The topological polar surface area (TPSA) is 29.1 Å². The highest BCUT2D eigenvalue weighted by molar-refractivity contribution is 9.09. The number of benzene rings is 1. The van der Waals surface area contributed by atoms with E-state index in [4.69, 9.17) is 0 Å². The lowest BCUT2D eigenvalue weighted by Gasteiger charge is -2.39. The Morgan fingerprint density at radius 3 is 2.62 bits per heavy atom. The predicted molar refractivity (Wildman–Crippen MR) is 91.9 cm³/mol. The summed E-state index contributed by atoms with van der Waals surface area (Å²) in [5, 5.41) is 4.16. The molecule has 116 valence electrons. The fourth-order valence-electron chi connectivity index (χ4n) is 3.11. The fraction of sp³-hybridized carbons (Fsp3) is 0.611. The van der Waals surface area contributed by atoms with E-state index >= 15 is 0 Å². The molecule has 2 nitrogen and oxygen atoms in total. The third-order valence-corrected chi connectivity index (χ3v) is 5.82. The van der Waals surface area contributed by atoms with Crippen molar-refractivity contribution in [3.63, 3.8) is 0 Å². The number of amides is 1. The molecule has 1 N–H and O–H groups in total. The Bertz CT molecular complexity index is 504. The van der Waals surface area contributed by atoms with Crippen LogP contribution in [0.2, 0.25) is 0 Å². The largest absolute Gasteiger partial charge is 0.350 e. The highest BCUT2D eigenvalue weighted by Crippen LogP contribution is 2.33. The first kappa shape index (κ1) is 16.5. The number of carbonyl (C=O) groups is 1. The molecule has 1 aliphatic carbocycles. The van der Waals surface area contributed by atoms with Crippen molar-refractivity contribution in [2.24, 2.45) is 5.92 Å². The first-order valence-electron chi connectivity index (χ1n) is 7.87. The van der Waals surface area contributed by atoms with Crippen molar-refractivity contribution < 1.29 is 4.79 Å². The van der Waals surface area contributed by atoms with Crippen molar-refractivity contribution in [1.82, 2.24) is 5.32 Å². The monoisotopic (exact) mass is 351 g/mol. The van der Waals surface area contributed by atoms with Crippen LogP contribution in [0.1, 0.15) is 49.3 Å². The van der Waals surface area contributed by atoms with E-state index in [1.165, 1.54) is 24.0 Å². The molecule has 1 amide bonds. The molecule has 1 aromatic rings. The van der Waals surface area contributed by atoms with Crippen LogP contribution < -0.4 is 5.32 Å². The second-order valence-electron chi connectivity index (χ2n) is 6.75. The molecule has 1 aromatic carbocycles. The van der Waals surface area contributed by atoms with Gasteiger partial charge < -0.3 is 5.32 Å². The SMILES string of the molecule is Cc1ccc(C)c(CC(=O)NC2(CBr)CCC(C)CC2)c1. The molecule has 2 rings (SSSR count). The van der Waals surface area contributed by atoms with E-state index < -0.39 is 0 Å². The van der Waals surface area contributed by atoms with Gasteiger partial charge in [-0.2, -0.15) is 0 Å². The van der Waals surface area contributed by atoms with Gasteiger partial charge in [0.1, 0.15) is 0 Å². The number of hydrogen-bond donors (Lipinski definition) is 1. The number of halogens is 1. The molecule has 1 fully saturated rings. The van der Waals surface area contributed by atoms with Crippen molar-refractivity contribution in [3.05, 3.63) is 34.9 Å². The summed E-state index contributed by atoms with van der Waals surface area (Å²) in [6, 6.07) is 6.32. The quantitative estimate of drug-likeness (QED) is 0.804. The van der Waals surface area contributed by atoms with E-state index in [9.17, 15) is 4.79 Å². The van der Waals surface area contributed by atoms with Gasteiger partial charge in [0.15, 0.2) is 0 Å². The molecule has 21 heavy (non-hydrogen) atoms. The van der Waals surface area contributed by atoms with Crippen LogP contribution in [-0.4, -0.2) is 16.8 Å². The molecule has 0 atom stereocenters.